The summed E-state index contributed by atoms with van der Waals surface area (Å²) in [7, 11) is 1.78. The largest absolute Gasteiger partial charge is 0.476 e. The molecule has 0 spiro atoms. The van der Waals surface area contributed by atoms with Gasteiger partial charge in [-0.2, -0.15) is 5.10 Å². The van der Waals surface area contributed by atoms with Crippen LogP contribution in [0, 0.1) is 6.92 Å². The van der Waals surface area contributed by atoms with E-state index in [1.165, 1.54) is 0 Å². The first-order valence-electron chi connectivity index (χ1n) is 4.33. The van der Waals surface area contributed by atoms with Crippen LogP contribution in [0.2, 0.25) is 0 Å². The predicted molar refractivity (Wildman–Crippen MR) is 48.9 cm³/mol. The van der Waals surface area contributed by atoms with Crippen molar-refractivity contribution in [1.82, 2.24) is 9.78 Å². The smallest absolute Gasteiger partial charge is 0.356 e. The average molecular weight is 182 g/mol. The van der Waals surface area contributed by atoms with Gasteiger partial charge in [0.15, 0.2) is 5.69 Å². The Labute approximate surface area is 77.2 Å². The van der Waals surface area contributed by atoms with E-state index in [1.54, 1.807) is 18.7 Å². The number of aryl methyl sites for hydroxylation is 1. The second kappa shape index (κ2) is 3.60. The second-order valence-corrected chi connectivity index (χ2v) is 3.10. The van der Waals surface area contributed by atoms with Crippen LogP contribution in [-0.2, 0) is 13.5 Å². The number of aromatic carboxylic acids is 1. The maximum absolute atomic E-state index is 10.7. The number of hydrogen-bond acceptors (Lipinski definition) is 2. The topological polar surface area (TPSA) is 55.1 Å². The Balaban J connectivity index is 3.14. The van der Waals surface area contributed by atoms with Crippen LogP contribution in [0.1, 0.15) is 35.1 Å². The Morgan fingerprint density at radius 1 is 1.62 bits per heavy atom. The quantitative estimate of drug-likeness (QED) is 0.768. The van der Waals surface area contributed by atoms with Crippen molar-refractivity contribution >= 4 is 5.97 Å². The summed E-state index contributed by atoms with van der Waals surface area (Å²) in [5, 5.41) is 12.7. The fraction of sp³-hybridized carbons (Fsp3) is 0.556. The minimum absolute atomic E-state index is 0.172. The summed E-state index contributed by atoms with van der Waals surface area (Å²) < 4.78 is 1.66. The standard InChI is InChI=1S/C9H14N2O2/c1-4-5-7-6(2)8(9(12)13)10-11(7)3/h4-5H2,1-3H3,(H,12,13). The molecule has 13 heavy (non-hydrogen) atoms. The number of aromatic nitrogens is 2. The molecule has 0 radical (unpaired) electrons. The van der Waals surface area contributed by atoms with Crippen LogP contribution in [0.5, 0.6) is 0 Å². The van der Waals surface area contributed by atoms with E-state index in [1.807, 2.05) is 0 Å². The molecule has 0 saturated heterocycles. The third kappa shape index (κ3) is 1.71. The SMILES string of the molecule is CCCc1c(C)c(C(=O)O)nn1C. The van der Waals surface area contributed by atoms with Crippen molar-refractivity contribution in [2.45, 2.75) is 26.7 Å². The van der Waals surface area contributed by atoms with Crippen molar-refractivity contribution in [3.8, 4) is 0 Å². The zero-order chi connectivity index (χ0) is 10.0. The fourth-order valence-electron chi connectivity index (χ4n) is 1.45. The highest BCUT2D eigenvalue weighted by atomic mass is 16.4. The van der Waals surface area contributed by atoms with E-state index in [0.717, 1.165) is 24.1 Å². The number of carbonyl (C=O) groups is 1. The van der Waals surface area contributed by atoms with Crippen LogP contribution in [0.4, 0.5) is 0 Å². The van der Waals surface area contributed by atoms with E-state index in [-0.39, 0.29) is 5.69 Å². The van der Waals surface area contributed by atoms with Crippen LogP contribution >= 0.6 is 0 Å². The molecule has 0 atom stereocenters. The first-order chi connectivity index (χ1) is 6.07. The summed E-state index contributed by atoms with van der Waals surface area (Å²) in [6.07, 6.45) is 1.88. The Bertz CT molecular complexity index is 329. The minimum Gasteiger partial charge on any atom is -0.476 e. The molecule has 1 N–H and O–H groups in total. The van der Waals surface area contributed by atoms with Gasteiger partial charge in [0.2, 0.25) is 0 Å². The third-order valence-electron chi connectivity index (χ3n) is 2.12. The molecule has 0 bridgehead atoms. The fourth-order valence-corrected chi connectivity index (χ4v) is 1.45. The highest BCUT2D eigenvalue weighted by Crippen LogP contribution is 2.13. The molecule has 1 heterocycles. The lowest BCUT2D eigenvalue weighted by atomic mass is 10.1. The molecule has 0 aliphatic heterocycles. The lowest BCUT2D eigenvalue weighted by Crippen LogP contribution is -2.00. The molecule has 1 aromatic heterocycles. The van der Waals surface area contributed by atoms with E-state index in [4.69, 9.17) is 5.11 Å². The normalized spacial score (nSPS) is 10.4. The van der Waals surface area contributed by atoms with Gasteiger partial charge in [0, 0.05) is 18.3 Å². The molecular formula is C9H14N2O2. The van der Waals surface area contributed by atoms with E-state index >= 15 is 0 Å². The van der Waals surface area contributed by atoms with Gasteiger partial charge in [-0.05, 0) is 13.3 Å². The molecule has 0 aliphatic carbocycles. The van der Waals surface area contributed by atoms with Crippen LogP contribution in [0.15, 0.2) is 0 Å². The lowest BCUT2D eigenvalue weighted by Gasteiger charge is -1.99. The Kier molecular flexibility index (Phi) is 2.70. The molecular weight excluding hydrogens is 168 g/mol. The first-order valence-corrected chi connectivity index (χ1v) is 4.33. The second-order valence-electron chi connectivity index (χ2n) is 3.10. The van der Waals surface area contributed by atoms with Crippen molar-refractivity contribution < 1.29 is 9.90 Å². The lowest BCUT2D eigenvalue weighted by molar-refractivity contribution is 0.0689. The van der Waals surface area contributed by atoms with Crippen LogP contribution in [-0.4, -0.2) is 20.9 Å². The average Bonchev–Trinajstić information content (AvgIpc) is 2.32. The van der Waals surface area contributed by atoms with Crippen molar-refractivity contribution in [1.29, 1.82) is 0 Å². The summed E-state index contributed by atoms with van der Waals surface area (Å²) >= 11 is 0. The Hall–Kier alpha value is -1.32. The Morgan fingerprint density at radius 2 is 2.23 bits per heavy atom. The molecule has 72 valence electrons. The van der Waals surface area contributed by atoms with Gasteiger partial charge in [-0.3, -0.25) is 4.68 Å². The van der Waals surface area contributed by atoms with Crippen LogP contribution in [0.25, 0.3) is 0 Å². The summed E-state index contributed by atoms with van der Waals surface area (Å²) in [6.45, 7) is 3.87. The highest BCUT2D eigenvalue weighted by molar-refractivity contribution is 5.87. The van der Waals surface area contributed by atoms with Crippen LogP contribution < -0.4 is 0 Å². The van der Waals surface area contributed by atoms with Gasteiger partial charge < -0.3 is 5.11 Å². The molecule has 0 fully saturated rings. The van der Waals surface area contributed by atoms with Gasteiger partial charge in [0.05, 0.1) is 0 Å². The van der Waals surface area contributed by atoms with Gasteiger partial charge in [0.25, 0.3) is 0 Å². The minimum atomic E-state index is -0.949. The monoisotopic (exact) mass is 182 g/mol. The van der Waals surface area contributed by atoms with Crippen molar-refractivity contribution in [3.63, 3.8) is 0 Å². The summed E-state index contributed by atoms with van der Waals surface area (Å²) in [5.74, 6) is -0.949. The zero-order valence-corrected chi connectivity index (χ0v) is 8.16. The number of carboxylic acids is 1. The van der Waals surface area contributed by atoms with Crippen molar-refractivity contribution in [3.05, 3.63) is 17.0 Å². The van der Waals surface area contributed by atoms with Gasteiger partial charge in [-0.15, -0.1) is 0 Å². The summed E-state index contributed by atoms with van der Waals surface area (Å²) in [5.41, 5.74) is 1.97. The van der Waals surface area contributed by atoms with E-state index in [0.29, 0.717) is 0 Å². The molecule has 0 saturated carbocycles. The van der Waals surface area contributed by atoms with E-state index < -0.39 is 5.97 Å². The van der Waals surface area contributed by atoms with Gasteiger partial charge in [-0.1, -0.05) is 13.3 Å². The maximum atomic E-state index is 10.7. The number of carboxylic acid groups (broad SMARTS) is 1. The van der Waals surface area contributed by atoms with E-state index in [2.05, 4.69) is 12.0 Å². The number of nitrogens with zero attached hydrogens (tertiary/aromatic N) is 2. The van der Waals surface area contributed by atoms with Gasteiger partial charge >= 0.3 is 5.97 Å². The molecule has 1 aromatic rings. The van der Waals surface area contributed by atoms with Gasteiger partial charge in [0.1, 0.15) is 0 Å². The zero-order valence-electron chi connectivity index (χ0n) is 8.16. The van der Waals surface area contributed by atoms with Gasteiger partial charge in [-0.25, -0.2) is 4.79 Å². The molecule has 0 aliphatic rings. The maximum Gasteiger partial charge on any atom is 0.356 e. The van der Waals surface area contributed by atoms with E-state index in [9.17, 15) is 4.79 Å². The van der Waals surface area contributed by atoms with Crippen molar-refractivity contribution in [2.75, 3.05) is 0 Å². The highest BCUT2D eigenvalue weighted by Gasteiger charge is 2.16. The third-order valence-corrected chi connectivity index (χ3v) is 2.12. The molecule has 1 rings (SSSR count). The molecule has 0 aromatic carbocycles. The number of rotatable bonds is 3. The summed E-state index contributed by atoms with van der Waals surface area (Å²) in [6, 6.07) is 0. The summed E-state index contributed by atoms with van der Waals surface area (Å²) in [4.78, 5) is 10.7. The molecule has 0 unspecified atom stereocenters. The molecule has 4 heteroatoms. The van der Waals surface area contributed by atoms with Crippen LogP contribution in [0.3, 0.4) is 0 Å². The Morgan fingerprint density at radius 3 is 2.62 bits per heavy atom. The predicted octanol–water partition coefficient (Wildman–Crippen LogP) is 1.38. The molecule has 0 amide bonds. The molecule has 4 nitrogen and oxygen atoms in total. The van der Waals surface area contributed by atoms with Crippen molar-refractivity contribution in [2.24, 2.45) is 7.05 Å². The first kappa shape index (κ1) is 9.77. The number of hydrogen-bond donors (Lipinski definition) is 1.